The van der Waals surface area contributed by atoms with E-state index in [9.17, 15) is 4.79 Å². The molecule has 150 valence electrons. The van der Waals surface area contributed by atoms with E-state index in [0.717, 1.165) is 11.3 Å². The van der Waals surface area contributed by atoms with E-state index in [0.29, 0.717) is 33.7 Å². The van der Waals surface area contributed by atoms with Gasteiger partial charge in [-0.15, -0.1) is 11.8 Å². The maximum Gasteiger partial charge on any atom is 0.255 e. The Morgan fingerprint density at radius 1 is 1.03 bits per heavy atom. The van der Waals surface area contributed by atoms with Crippen LogP contribution in [0.5, 0.6) is 5.75 Å². The molecular formula is C23H21Cl2NO2S. The molecule has 0 saturated carbocycles. The highest BCUT2D eigenvalue weighted by atomic mass is 35.5. The molecule has 3 aromatic rings. The molecule has 0 saturated heterocycles. The number of carbonyl (C=O) groups excluding carboxylic acids is 1. The third-order valence-corrected chi connectivity index (χ3v) is 5.84. The normalized spacial score (nSPS) is 10.6. The molecule has 0 aliphatic heterocycles. The molecule has 0 atom stereocenters. The lowest BCUT2D eigenvalue weighted by atomic mass is 10.1. The highest BCUT2D eigenvalue weighted by Gasteiger charge is 2.13. The lowest BCUT2D eigenvalue weighted by Crippen LogP contribution is -2.13. The van der Waals surface area contributed by atoms with Crippen LogP contribution in [0.2, 0.25) is 10.0 Å². The van der Waals surface area contributed by atoms with Crippen LogP contribution in [-0.4, -0.2) is 12.5 Å². The second-order valence-corrected chi connectivity index (χ2v) is 8.33. The van der Waals surface area contributed by atoms with Crippen LogP contribution in [-0.2, 0) is 5.75 Å². The molecule has 0 aromatic heterocycles. The summed E-state index contributed by atoms with van der Waals surface area (Å²) in [6, 6.07) is 18.8. The summed E-state index contributed by atoms with van der Waals surface area (Å²) in [6.07, 6.45) is 0. The summed E-state index contributed by atoms with van der Waals surface area (Å²) in [5.74, 6) is 1.22. The summed E-state index contributed by atoms with van der Waals surface area (Å²) in [4.78, 5) is 13.9. The van der Waals surface area contributed by atoms with Crippen LogP contribution in [0.3, 0.4) is 0 Å². The molecule has 3 nitrogen and oxygen atoms in total. The van der Waals surface area contributed by atoms with Gasteiger partial charge in [-0.3, -0.25) is 4.79 Å². The summed E-state index contributed by atoms with van der Waals surface area (Å²) < 4.78 is 5.75. The number of hydrogen-bond acceptors (Lipinski definition) is 3. The number of nitrogens with one attached hydrogen (secondary N) is 1. The topological polar surface area (TPSA) is 38.3 Å². The zero-order chi connectivity index (χ0) is 20.8. The minimum Gasteiger partial charge on any atom is -0.494 e. The van der Waals surface area contributed by atoms with Gasteiger partial charge >= 0.3 is 0 Å². The van der Waals surface area contributed by atoms with Crippen molar-refractivity contribution in [3.05, 3.63) is 87.4 Å². The molecule has 0 bridgehead atoms. The number of thioether (sulfide) groups is 1. The van der Waals surface area contributed by atoms with Gasteiger partial charge < -0.3 is 10.1 Å². The Morgan fingerprint density at radius 2 is 1.79 bits per heavy atom. The molecule has 29 heavy (non-hydrogen) atoms. The number of anilines is 1. The molecule has 1 N–H and O–H groups in total. The Hall–Kier alpha value is -2.14. The molecule has 3 aromatic carbocycles. The van der Waals surface area contributed by atoms with Gasteiger partial charge in [0.1, 0.15) is 5.75 Å². The third kappa shape index (κ3) is 5.92. The number of ether oxygens (including phenoxy) is 1. The number of halogens is 2. The third-order valence-electron chi connectivity index (χ3n) is 4.21. The van der Waals surface area contributed by atoms with Gasteiger partial charge in [-0.25, -0.2) is 0 Å². The fourth-order valence-corrected chi connectivity index (χ4v) is 3.93. The zero-order valence-electron chi connectivity index (χ0n) is 16.2. The lowest BCUT2D eigenvalue weighted by molar-refractivity contribution is 0.102. The van der Waals surface area contributed by atoms with Crippen molar-refractivity contribution in [2.45, 2.75) is 24.5 Å². The number of aryl methyl sites for hydroxylation is 1. The summed E-state index contributed by atoms with van der Waals surface area (Å²) in [5, 5.41) is 3.76. The molecule has 6 heteroatoms. The first-order valence-corrected chi connectivity index (χ1v) is 10.9. The average Bonchev–Trinajstić information content (AvgIpc) is 2.71. The highest BCUT2D eigenvalue weighted by molar-refractivity contribution is 7.98. The molecule has 3 rings (SSSR count). The lowest BCUT2D eigenvalue weighted by Gasteiger charge is -2.13. The Bertz CT molecular complexity index is 1010. The molecule has 0 aliphatic rings. The van der Waals surface area contributed by atoms with E-state index in [4.69, 9.17) is 27.9 Å². The molecule has 0 heterocycles. The Kier molecular flexibility index (Phi) is 7.48. The molecule has 0 aliphatic carbocycles. The average molecular weight is 446 g/mol. The fourth-order valence-electron chi connectivity index (χ4n) is 2.71. The van der Waals surface area contributed by atoms with Gasteiger partial charge in [0, 0.05) is 26.8 Å². The van der Waals surface area contributed by atoms with Gasteiger partial charge in [0.05, 0.1) is 17.3 Å². The molecule has 0 fully saturated rings. The van der Waals surface area contributed by atoms with E-state index in [1.807, 2.05) is 19.1 Å². The first-order valence-electron chi connectivity index (χ1n) is 9.18. The largest absolute Gasteiger partial charge is 0.494 e. The van der Waals surface area contributed by atoms with Gasteiger partial charge in [-0.1, -0.05) is 40.9 Å². The molecular weight excluding hydrogens is 425 g/mol. The van der Waals surface area contributed by atoms with E-state index in [1.165, 1.54) is 10.5 Å². The minimum atomic E-state index is -0.251. The van der Waals surface area contributed by atoms with Crippen molar-refractivity contribution in [2.24, 2.45) is 0 Å². The molecule has 0 spiro atoms. The van der Waals surface area contributed by atoms with E-state index in [2.05, 4.69) is 36.5 Å². The van der Waals surface area contributed by atoms with Crippen LogP contribution in [0.25, 0.3) is 0 Å². The fraction of sp³-hybridized carbons (Fsp3) is 0.174. The summed E-state index contributed by atoms with van der Waals surface area (Å²) >= 11 is 13.9. The van der Waals surface area contributed by atoms with Gasteiger partial charge in [0.15, 0.2) is 0 Å². The highest BCUT2D eigenvalue weighted by Crippen LogP contribution is 2.30. The Labute approximate surface area is 185 Å². The predicted molar refractivity (Wildman–Crippen MR) is 123 cm³/mol. The molecule has 0 radical (unpaired) electrons. The maximum absolute atomic E-state index is 12.8. The first kappa shape index (κ1) is 21.6. The van der Waals surface area contributed by atoms with E-state index >= 15 is 0 Å². The van der Waals surface area contributed by atoms with E-state index in [-0.39, 0.29) is 5.91 Å². The second-order valence-electron chi connectivity index (χ2n) is 6.44. The van der Waals surface area contributed by atoms with Gasteiger partial charge in [0.25, 0.3) is 5.91 Å². The predicted octanol–water partition coefficient (Wildman–Crippen LogP) is 7.25. The van der Waals surface area contributed by atoms with Crippen molar-refractivity contribution < 1.29 is 9.53 Å². The Morgan fingerprint density at radius 3 is 2.52 bits per heavy atom. The van der Waals surface area contributed by atoms with Crippen LogP contribution in [0.4, 0.5) is 5.69 Å². The number of carbonyl (C=O) groups is 1. The number of rotatable bonds is 7. The van der Waals surface area contributed by atoms with Crippen LogP contribution < -0.4 is 10.1 Å². The maximum atomic E-state index is 12.8. The first-order chi connectivity index (χ1) is 14.0. The van der Waals surface area contributed by atoms with Crippen molar-refractivity contribution in [2.75, 3.05) is 11.9 Å². The van der Waals surface area contributed by atoms with Gasteiger partial charge in [0.2, 0.25) is 0 Å². The summed E-state index contributed by atoms with van der Waals surface area (Å²) in [5.41, 5.74) is 3.20. The standard InChI is InChI=1S/C23H21Cl2NO2S/c1-3-28-22-11-6-16(23(27)26-21-13-18(24)7-10-20(21)25)12-17(22)14-29-19-8-4-15(2)5-9-19/h4-13H,3,14H2,1-2H3,(H,26,27). The van der Waals surface area contributed by atoms with Crippen molar-refractivity contribution in [1.29, 1.82) is 0 Å². The van der Waals surface area contributed by atoms with Crippen molar-refractivity contribution >= 4 is 46.6 Å². The van der Waals surface area contributed by atoms with E-state index < -0.39 is 0 Å². The van der Waals surface area contributed by atoms with Crippen molar-refractivity contribution in [1.82, 2.24) is 0 Å². The van der Waals surface area contributed by atoms with Crippen molar-refractivity contribution in [3.63, 3.8) is 0 Å². The van der Waals surface area contributed by atoms with Crippen LogP contribution >= 0.6 is 35.0 Å². The monoisotopic (exact) mass is 445 g/mol. The zero-order valence-corrected chi connectivity index (χ0v) is 18.5. The summed E-state index contributed by atoms with van der Waals surface area (Å²) in [6.45, 7) is 4.57. The summed E-state index contributed by atoms with van der Waals surface area (Å²) in [7, 11) is 0. The quantitative estimate of drug-likeness (QED) is 0.389. The van der Waals surface area contributed by atoms with Crippen LogP contribution in [0.1, 0.15) is 28.4 Å². The smallest absolute Gasteiger partial charge is 0.255 e. The molecule has 1 amide bonds. The van der Waals surface area contributed by atoms with Gasteiger partial charge in [-0.2, -0.15) is 0 Å². The van der Waals surface area contributed by atoms with Crippen molar-refractivity contribution in [3.8, 4) is 5.75 Å². The molecule has 0 unspecified atom stereocenters. The SMILES string of the molecule is CCOc1ccc(C(=O)Nc2cc(Cl)ccc2Cl)cc1CSc1ccc(C)cc1. The second kappa shape index (κ2) is 10.1. The van der Waals surface area contributed by atoms with Crippen LogP contribution in [0, 0.1) is 6.92 Å². The number of hydrogen-bond donors (Lipinski definition) is 1. The minimum absolute atomic E-state index is 0.251. The van der Waals surface area contributed by atoms with Crippen LogP contribution in [0.15, 0.2) is 65.6 Å². The number of benzene rings is 3. The van der Waals surface area contributed by atoms with E-state index in [1.54, 1.807) is 36.0 Å². The number of amides is 1. The Balaban J connectivity index is 1.80. The van der Waals surface area contributed by atoms with Gasteiger partial charge in [-0.05, 0) is 62.4 Å².